The van der Waals surface area contributed by atoms with Gasteiger partial charge in [0, 0.05) is 13.1 Å². The molecular formula is C16H18ClFN2O4. The average molecular weight is 357 g/mol. The smallest absolute Gasteiger partial charge is 0.290 e. The van der Waals surface area contributed by atoms with E-state index in [0.717, 1.165) is 18.4 Å². The minimum Gasteiger partial charge on any atom is -0.483 e. The van der Waals surface area contributed by atoms with Gasteiger partial charge in [-0.25, -0.2) is 4.39 Å². The Kier molecular flexibility index (Phi) is 5.77. The fourth-order valence-corrected chi connectivity index (χ4v) is 3.30. The van der Waals surface area contributed by atoms with Crippen LogP contribution in [-0.4, -0.2) is 51.8 Å². The summed E-state index contributed by atoms with van der Waals surface area (Å²) >= 11 is 5.77. The number of carbonyl (C=O) groups is 3. The van der Waals surface area contributed by atoms with Crippen molar-refractivity contribution in [1.82, 2.24) is 9.80 Å². The number of hydrogen-bond acceptors (Lipinski definition) is 3. The van der Waals surface area contributed by atoms with Crippen LogP contribution in [0.5, 0.6) is 0 Å². The first-order valence-corrected chi connectivity index (χ1v) is 7.91. The van der Waals surface area contributed by atoms with Gasteiger partial charge in [0.05, 0.1) is 5.02 Å². The Hall–Kier alpha value is -2.15. The van der Waals surface area contributed by atoms with E-state index in [1.54, 1.807) is 22.8 Å². The molecule has 24 heavy (non-hydrogen) atoms. The van der Waals surface area contributed by atoms with Crippen LogP contribution in [0.1, 0.15) is 25.3 Å². The van der Waals surface area contributed by atoms with Crippen molar-refractivity contribution in [3.05, 3.63) is 34.6 Å². The first-order chi connectivity index (χ1) is 11.4. The van der Waals surface area contributed by atoms with E-state index in [0.29, 0.717) is 6.54 Å². The second-order valence-corrected chi connectivity index (χ2v) is 6.09. The van der Waals surface area contributed by atoms with Gasteiger partial charge < -0.3 is 14.9 Å². The average Bonchev–Trinajstić information content (AvgIpc) is 3.03. The Morgan fingerprint density at radius 2 is 2.04 bits per heavy atom. The molecule has 2 fully saturated rings. The molecule has 6 nitrogen and oxygen atoms in total. The van der Waals surface area contributed by atoms with Crippen LogP contribution in [0.3, 0.4) is 0 Å². The van der Waals surface area contributed by atoms with Crippen LogP contribution in [0.15, 0.2) is 18.2 Å². The highest BCUT2D eigenvalue weighted by Crippen LogP contribution is 2.28. The SMILES string of the molecule is C[C@H]1C(=O)N2CCC[C@@H]2C(=O)N1Cc1ccc(F)c(Cl)c1.O=CO. The van der Waals surface area contributed by atoms with Gasteiger partial charge >= 0.3 is 0 Å². The molecule has 2 heterocycles. The molecule has 0 unspecified atom stereocenters. The molecule has 0 bridgehead atoms. The first kappa shape index (κ1) is 18.2. The van der Waals surface area contributed by atoms with Gasteiger partial charge in [0.25, 0.3) is 6.47 Å². The van der Waals surface area contributed by atoms with E-state index >= 15 is 0 Å². The van der Waals surface area contributed by atoms with Crippen LogP contribution in [-0.2, 0) is 20.9 Å². The van der Waals surface area contributed by atoms with Crippen molar-refractivity contribution in [2.45, 2.75) is 38.4 Å². The number of carbonyl (C=O) groups excluding carboxylic acids is 2. The van der Waals surface area contributed by atoms with Crippen molar-refractivity contribution in [1.29, 1.82) is 0 Å². The fourth-order valence-electron chi connectivity index (χ4n) is 3.09. The van der Waals surface area contributed by atoms with Crippen molar-refractivity contribution in [2.75, 3.05) is 6.54 Å². The van der Waals surface area contributed by atoms with Gasteiger partial charge in [-0.2, -0.15) is 0 Å². The molecule has 8 heteroatoms. The zero-order valence-electron chi connectivity index (χ0n) is 13.1. The molecule has 130 valence electrons. The number of amides is 2. The number of rotatable bonds is 2. The Bertz CT molecular complexity index is 655. The van der Waals surface area contributed by atoms with Crippen LogP contribution in [0, 0.1) is 5.82 Å². The maximum atomic E-state index is 13.2. The van der Waals surface area contributed by atoms with E-state index in [2.05, 4.69) is 0 Å². The standard InChI is InChI=1S/C15H16ClFN2O2.CH2O2/c1-9-14(20)18-6-2-3-13(18)15(21)19(9)8-10-4-5-12(17)11(16)7-10;2-1-3/h4-5,7,9,13H,2-3,6,8H2,1H3;1H,(H,2,3)/t9-,13+;/m0./s1. The Morgan fingerprint density at radius 3 is 2.67 bits per heavy atom. The van der Waals surface area contributed by atoms with Gasteiger partial charge in [-0.05, 0) is 37.5 Å². The highest BCUT2D eigenvalue weighted by molar-refractivity contribution is 6.30. The van der Waals surface area contributed by atoms with Gasteiger partial charge in [-0.3, -0.25) is 14.4 Å². The van der Waals surface area contributed by atoms with Gasteiger partial charge in [0.2, 0.25) is 11.8 Å². The van der Waals surface area contributed by atoms with E-state index in [-0.39, 0.29) is 35.9 Å². The third-order valence-electron chi connectivity index (χ3n) is 4.27. The minimum absolute atomic E-state index is 0.00897. The van der Waals surface area contributed by atoms with Crippen molar-refractivity contribution in [3.8, 4) is 0 Å². The molecular weight excluding hydrogens is 339 g/mol. The maximum absolute atomic E-state index is 13.2. The monoisotopic (exact) mass is 356 g/mol. The largest absolute Gasteiger partial charge is 0.483 e. The molecule has 2 amide bonds. The Labute approximate surface area is 143 Å². The number of piperazine rings is 1. The van der Waals surface area contributed by atoms with Crippen LogP contribution in [0.2, 0.25) is 5.02 Å². The third kappa shape index (κ3) is 3.51. The summed E-state index contributed by atoms with van der Waals surface area (Å²) in [5.74, 6) is -0.526. The predicted molar refractivity (Wildman–Crippen MR) is 84.8 cm³/mol. The molecule has 0 aromatic heterocycles. The normalized spacial score (nSPS) is 22.8. The summed E-state index contributed by atoms with van der Waals surface area (Å²) in [6.07, 6.45) is 1.59. The van der Waals surface area contributed by atoms with Gasteiger partial charge in [0.1, 0.15) is 17.9 Å². The van der Waals surface area contributed by atoms with Gasteiger partial charge in [-0.1, -0.05) is 17.7 Å². The summed E-state index contributed by atoms with van der Waals surface area (Å²) in [7, 11) is 0. The molecule has 1 N–H and O–H groups in total. The lowest BCUT2D eigenvalue weighted by atomic mass is 10.0. The van der Waals surface area contributed by atoms with E-state index in [1.807, 2.05) is 0 Å². The van der Waals surface area contributed by atoms with Crippen LogP contribution >= 0.6 is 11.6 Å². The van der Waals surface area contributed by atoms with Crippen LogP contribution in [0.25, 0.3) is 0 Å². The summed E-state index contributed by atoms with van der Waals surface area (Å²) in [5, 5.41) is 6.92. The predicted octanol–water partition coefficient (Wildman–Crippen LogP) is 1.90. The van der Waals surface area contributed by atoms with Crippen molar-refractivity contribution < 1.29 is 23.9 Å². The Balaban J connectivity index is 0.000000647. The molecule has 0 radical (unpaired) electrons. The third-order valence-corrected chi connectivity index (χ3v) is 4.56. The second-order valence-electron chi connectivity index (χ2n) is 5.69. The van der Waals surface area contributed by atoms with Crippen LogP contribution in [0.4, 0.5) is 4.39 Å². The van der Waals surface area contributed by atoms with Crippen LogP contribution < -0.4 is 0 Å². The molecule has 2 aliphatic rings. The molecule has 1 aromatic rings. The summed E-state index contributed by atoms with van der Waals surface area (Å²) in [6, 6.07) is 3.55. The lowest BCUT2D eigenvalue weighted by molar-refractivity contribution is -0.159. The molecule has 0 spiro atoms. The number of halogens is 2. The van der Waals surface area contributed by atoms with Crippen molar-refractivity contribution in [2.24, 2.45) is 0 Å². The summed E-state index contributed by atoms with van der Waals surface area (Å²) < 4.78 is 13.2. The molecule has 2 saturated heterocycles. The Morgan fingerprint density at radius 1 is 1.38 bits per heavy atom. The number of nitrogens with zero attached hydrogens (tertiary/aromatic N) is 2. The van der Waals surface area contributed by atoms with E-state index in [9.17, 15) is 14.0 Å². The van der Waals surface area contributed by atoms with Crippen molar-refractivity contribution in [3.63, 3.8) is 0 Å². The van der Waals surface area contributed by atoms with E-state index in [4.69, 9.17) is 21.5 Å². The molecule has 2 aliphatic heterocycles. The molecule has 0 saturated carbocycles. The van der Waals surface area contributed by atoms with Gasteiger partial charge in [-0.15, -0.1) is 0 Å². The molecule has 2 atom stereocenters. The highest BCUT2D eigenvalue weighted by atomic mass is 35.5. The molecule has 3 rings (SSSR count). The summed E-state index contributed by atoms with van der Waals surface area (Å²) in [4.78, 5) is 36.5. The lowest BCUT2D eigenvalue weighted by Crippen LogP contribution is -2.61. The molecule has 1 aromatic carbocycles. The van der Waals surface area contributed by atoms with Crippen molar-refractivity contribution >= 4 is 29.9 Å². The quantitative estimate of drug-likeness (QED) is 0.821. The number of fused-ring (bicyclic) bond motifs is 1. The molecule has 0 aliphatic carbocycles. The summed E-state index contributed by atoms with van der Waals surface area (Å²) in [5.41, 5.74) is 0.723. The zero-order chi connectivity index (χ0) is 17.9. The topological polar surface area (TPSA) is 77.9 Å². The van der Waals surface area contributed by atoms with E-state index in [1.165, 1.54) is 12.1 Å². The maximum Gasteiger partial charge on any atom is 0.290 e. The number of hydrogen-bond donors (Lipinski definition) is 1. The highest BCUT2D eigenvalue weighted by Gasteiger charge is 2.45. The number of carboxylic acid groups (broad SMARTS) is 1. The van der Waals surface area contributed by atoms with Gasteiger partial charge in [0.15, 0.2) is 0 Å². The second kappa shape index (κ2) is 7.61. The lowest BCUT2D eigenvalue weighted by Gasteiger charge is -2.41. The zero-order valence-corrected chi connectivity index (χ0v) is 13.9. The van der Waals surface area contributed by atoms with E-state index < -0.39 is 11.9 Å². The number of benzene rings is 1. The first-order valence-electron chi connectivity index (χ1n) is 7.53. The minimum atomic E-state index is -0.490. The summed E-state index contributed by atoms with van der Waals surface area (Å²) in [6.45, 7) is 2.42. The fraction of sp³-hybridized carbons (Fsp3) is 0.438.